The van der Waals surface area contributed by atoms with E-state index in [1.807, 2.05) is 0 Å². The molecule has 1 aromatic rings. The van der Waals surface area contributed by atoms with Crippen molar-refractivity contribution in [1.29, 1.82) is 0 Å². The second-order valence-corrected chi connectivity index (χ2v) is 6.31. The van der Waals surface area contributed by atoms with Crippen LogP contribution in [0.3, 0.4) is 0 Å². The third kappa shape index (κ3) is 2.33. The fraction of sp³-hybridized carbons (Fsp3) is 0.417. The van der Waals surface area contributed by atoms with Crippen molar-refractivity contribution in [3.63, 3.8) is 0 Å². The van der Waals surface area contributed by atoms with Crippen LogP contribution in [0.4, 0.5) is 0 Å². The molecule has 0 radical (unpaired) electrons. The van der Waals surface area contributed by atoms with E-state index in [1.54, 1.807) is 38.3 Å². The van der Waals surface area contributed by atoms with Crippen molar-refractivity contribution in [3.8, 4) is 5.75 Å². The average molecular weight is 269 g/mol. The average Bonchev–Trinajstić information content (AvgIpc) is 2.52. The van der Waals surface area contributed by atoms with Crippen molar-refractivity contribution in [1.82, 2.24) is 4.31 Å². The summed E-state index contributed by atoms with van der Waals surface area (Å²) in [5, 5.41) is 0. The lowest BCUT2D eigenvalue weighted by atomic mass is 10.2. The molecule has 98 valence electrons. The molecule has 2 rings (SSSR count). The van der Waals surface area contributed by atoms with Crippen molar-refractivity contribution in [2.24, 2.45) is 5.92 Å². The van der Waals surface area contributed by atoms with Gasteiger partial charge in [0.25, 0.3) is 0 Å². The number of nitrogens with zero attached hydrogens (tertiary/aromatic N) is 1. The number of hydrogen-bond donors (Lipinski definition) is 0. The normalized spacial score (nSPS) is 22.2. The molecular weight excluding hydrogens is 254 g/mol. The predicted molar refractivity (Wildman–Crippen MR) is 66.5 cm³/mol. The molecule has 0 spiro atoms. The highest BCUT2D eigenvalue weighted by Crippen LogP contribution is 2.23. The number of amides is 1. The van der Waals surface area contributed by atoms with E-state index in [2.05, 4.69) is 0 Å². The Morgan fingerprint density at radius 3 is 2.39 bits per heavy atom. The van der Waals surface area contributed by atoms with Gasteiger partial charge in [-0.1, -0.05) is 19.1 Å². The summed E-state index contributed by atoms with van der Waals surface area (Å²) in [4.78, 5) is 11.8. The van der Waals surface area contributed by atoms with Gasteiger partial charge in [-0.3, -0.25) is 4.79 Å². The van der Waals surface area contributed by atoms with Gasteiger partial charge >= 0.3 is 0 Å². The summed E-state index contributed by atoms with van der Waals surface area (Å²) < 4.78 is 29.6. The third-order valence-corrected chi connectivity index (χ3v) is 4.85. The summed E-state index contributed by atoms with van der Waals surface area (Å²) >= 11 is 0. The van der Waals surface area contributed by atoms with Crippen LogP contribution in [-0.4, -0.2) is 31.5 Å². The number of methoxy groups -OCH3 is 1. The number of sulfonamides is 1. The smallest absolute Gasteiger partial charge is 0.240 e. The van der Waals surface area contributed by atoms with Crippen LogP contribution in [0.25, 0.3) is 0 Å². The highest BCUT2D eigenvalue weighted by Gasteiger charge is 2.40. The molecule has 18 heavy (non-hydrogen) atoms. The van der Waals surface area contributed by atoms with E-state index >= 15 is 0 Å². The largest absolute Gasteiger partial charge is 0.497 e. The van der Waals surface area contributed by atoms with Crippen molar-refractivity contribution < 1.29 is 17.9 Å². The Kier molecular flexibility index (Phi) is 3.30. The summed E-state index contributed by atoms with van der Waals surface area (Å²) in [6, 6.07) is 6.99. The van der Waals surface area contributed by atoms with Gasteiger partial charge in [-0.25, -0.2) is 12.7 Å². The van der Waals surface area contributed by atoms with Gasteiger partial charge in [0, 0.05) is 0 Å². The highest BCUT2D eigenvalue weighted by atomic mass is 32.2. The zero-order valence-electron chi connectivity index (χ0n) is 10.3. The summed E-state index contributed by atoms with van der Waals surface area (Å²) in [6.07, 6.45) is 0. The number of hydrogen-bond acceptors (Lipinski definition) is 4. The van der Waals surface area contributed by atoms with Gasteiger partial charge in [-0.05, 0) is 17.7 Å². The molecule has 5 nitrogen and oxygen atoms in total. The van der Waals surface area contributed by atoms with E-state index in [0.717, 1.165) is 9.87 Å². The standard InChI is InChI=1S/C12H15NO4S/c1-9-8-18(15,16)13(12(9)14)7-10-3-5-11(17-2)6-4-10/h3-6,9H,7-8H2,1-2H3. The van der Waals surface area contributed by atoms with Gasteiger partial charge in [0.05, 0.1) is 25.3 Å². The maximum absolute atomic E-state index is 11.8. The monoisotopic (exact) mass is 269 g/mol. The van der Waals surface area contributed by atoms with Crippen LogP contribution in [0.1, 0.15) is 12.5 Å². The summed E-state index contributed by atoms with van der Waals surface area (Å²) in [6.45, 7) is 1.73. The minimum atomic E-state index is -3.45. The molecule has 6 heteroatoms. The van der Waals surface area contributed by atoms with Crippen LogP contribution in [0.15, 0.2) is 24.3 Å². The summed E-state index contributed by atoms with van der Waals surface area (Å²) in [5.41, 5.74) is 0.766. The topological polar surface area (TPSA) is 63.7 Å². The Labute approximate surface area is 106 Å². The predicted octanol–water partition coefficient (Wildman–Crippen LogP) is 1.00. The fourth-order valence-electron chi connectivity index (χ4n) is 1.93. The summed E-state index contributed by atoms with van der Waals surface area (Å²) in [7, 11) is -1.89. The van der Waals surface area contributed by atoms with Crippen LogP contribution in [-0.2, 0) is 21.4 Å². The van der Waals surface area contributed by atoms with Gasteiger partial charge in [-0.2, -0.15) is 0 Å². The fourth-order valence-corrected chi connectivity index (χ4v) is 3.69. The molecule has 1 heterocycles. The van der Waals surface area contributed by atoms with E-state index in [-0.39, 0.29) is 18.2 Å². The van der Waals surface area contributed by atoms with E-state index in [0.29, 0.717) is 5.75 Å². The minimum absolute atomic E-state index is 0.0928. The lowest BCUT2D eigenvalue weighted by molar-refractivity contribution is -0.128. The quantitative estimate of drug-likeness (QED) is 0.821. The first-order valence-corrected chi connectivity index (χ1v) is 7.22. The Bertz CT molecular complexity index is 550. The van der Waals surface area contributed by atoms with Gasteiger partial charge in [-0.15, -0.1) is 0 Å². The third-order valence-electron chi connectivity index (χ3n) is 2.95. The Morgan fingerprint density at radius 2 is 1.94 bits per heavy atom. The van der Waals surface area contributed by atoms with E-state index < -0.39 is 15.9 Å². The van der Waals surface area contributed by atoms with Crippen molar-refractivity contribution in [2.75, 3.05) is 12.9 Å². The van der Waals surface area contributed by atoms with Crippen molar-refractivity contribution >= 4 is 15.9 Å². The van der Waals surface area contributed by atoms with Crippen LogP contribution < -0.4 is 4.74 Å². The van der Waals surface area contributed by atoms with E-state index in [1.165, 1.54) is 0 Å². The minimum Gasteiger partial charge on any atom is -0.497 e. The molecular formula is C12H15NO4S. The molecule has 1 fully saturated rings. The first-order chi connectivity index (χ1) is 8.44. The van der Waals surface area contributed by atoms with Crippen molar-refractivity contribution in [3.05, 3.63) is 29.8 Å². The van der Waals surface area contributed by atoms with Gasteiger partial charge in [0.2, 0.25) is 15.9 Å². The van der Waals surface area contributed by atoms with Crippen LogP contribution in [0, 0.1) is 5.92 Å². The van der Waals surface area contributed by atoms with Crippen LogP contribution >= 0.6 is 0 Å². The molecule has 0 saturated carbocycles. The molecule has 0 bridgehead atoms. The maximum atomic E-state index is 11.8. The number of benzene rings is 1. The number of rotatable bonds is 3. The molecule has 1 aromatic carbocycles. The van der Waals surface area contributed by atoms with Gasteiger partial charge < -0.3 is 4.74 Å². The lowest BCUT2D eigenvalue weighted by Gasteiger charge is -2.15. The first-order valence-electron chi connectivity index (χ1n) is 5.61. The molecule has 0 N–H and O–H groups in total. The van der Waals surface area contributed by atoms with E-state index in [4.69, 9.17) is 4.74 Å². The Balaban J connectivity index is 2.20. The lowest BCUT2D eigenvalue weighted by Crippen LogP contribution is -2.29. The second-order valence-electron chi connectivity index (χ2n) is 4.37. The van der Waals surface area contributed by atoms with Gasteiger partial charge in [0.1, 0.15) is 5.75 Å². The van der Waals surface area contributed by atoms with Crippen LogP contribution in [0.5, 0.6) is 5.75 Å². The molecule has 1 amide bonds. The highest BCUT2D eigenvalue weighted by molar-refractivity contribution is 7.90. The SMILES string of the molecule is COc1ccc(CN2C(=O)C(C)CS2(=O)=O)cc1. The molecule has 1 atom stereocenters. The molecule has 1 aliphatic heterocycles. The first kappa shape index (κ1) is 12.9. The zero-order valence-corrected chi connectivity index (χ0v) is 11.1. The number of carbonyl (C=O) groups is 1. The molecule has 1 unspecified atom stereocenters. The molecule has 1 aliphatic rings. The van der Waals surface area contributed by atoms with E-state index in [9.17, 15) is 13.2 Å². The number of ether oxygens (including phenoxy) is 1. The summed E-state index contributed by atoms with van der Waals surface area (Å²) in [5.74, 6) is -0.177. The molecule has 1 saturated heterocycles. The number of carbonyl (C=O) groups excluding carboxylic acids is 1. The van der Waals surface area contributed by atoms with Crippen molar-refractivity contribution in [2.45, 2.75) is 13.5 Å². The van der Waals surface area contributed by atoms with Gasteiger partial charge in [0.15, 0.2) is 0 Å². The maximum Gasteiger partial charge on any atom is 0.240 e. The molecule has 0 aliphatic carbocycles. The zero-order chi connectivity index (χ0) is 13.3. The Morgan fingerprint density at radius 1 is 1.33 bits per heavy atom. The molecule has 0 aromatic heterocycles. The second kappa shape index (κ2) is 4.61. The Hall–Kier alpha value is -1.56. The van der Waals surface area contributed by atoms with Crippen LogP contribution in [0.2, 0.25) is 0 Å².